The number of halogens is 4. The fraction of sp³-hybridized carbons (Fsp3) is 0.619. The molecular weight excluding hydrogens is 433 g/mol. The molecule has 172 valence electrons. The Hall–Kier alpha value is -2.00. The van der Waals surface area contributed by atoms with Crippen LogP contribution in [0.4, 0.5) is 18.9 Å². The highest BCUT2D eigenvalue weighted by Gasteiger charge is 2.36. The van der Waals surface area contributed by atoms with Crippen molar-refractivity contribution in [2.75, 3.05) is 25.4 Å². The molecule has 10 heteroatoms. The van der Waals surface area contributed by atoms with Gasteiger partial charge in [-0.3, -0.25) is 14.5 Å². The number of likely N-dealkylation sites (tertiary alicyclic amines) is 2. The van der Waals surface area contributed by atoms with Gasteiger partial charge >= 0.3 is 6.18 Å². The van der Waals surface area contributed by atoms with E-state index in [1.54, 1.807) is 4.90 Å². The van der Waals surface area contributed by atoms with E-state index >= 15 is 0 Å². The number of rotatable bonds is 5. The highest BCUT2D eigenvalue weighted by molar-refractivity contribution is 6.33. The van der Waals surface area contributed by atoms with E-state index in [0.29, 0.717) is 18.7 Å². The van der Waals surface area contributed by atoms with Crippen LogP contribution in [0.2, 0.25) is 5.02 Å². The number of carbonyl (C=O) groups is 2. The van der Waals surface area contributed by atoms with Gasteiger partial charge in [0.25, 0.3) is 0 Å². The Kier molecular flexibility index (Phi) is 7.36. The number of amides is 2. The van der Waals surface area contributed by atoms with Crippen LogP contribution in [0.3, 0.4) is 0 Å². The number of primary amides is 1. The van der Waals surface area contributed by atoms with Crippen LogP contribution in [0.15, 0.2) is 12.1 Å². The maximum absolute atomic E-state index is 13.1. The minimum Gasteiger partial charge on any atom is -0.397 e. The minimum atomic E-state index is -4.60. The van der Waals surface area contributed by atoms with Gasteiger partial charge < -0.3 is 16.4 Å². The summed E-state index contributed by atoms with van der Waals surface area (Å²) in [5.74, 6) is -0.399. The van der Waals surface area contributed by atoms with Crippen LogP contribution >= 0.6 is 11.6 Å². The van der Waals surface area contributed by atoms with Gasteiger partial charge in [-0.25, -0.2) is 0 Å². The minimum absolute atomic E-state index is 0.0931. The smallest absolute Gasteiger partial charge is 0.397 e. The van der Waals surface area contributed by atoms with Crippen molar-refractivity contribution >= 4 is 29.1 Å². The van der Waals surface area contributed by atoms with Gasteiger partial charge in [0.05, 0.1) is 22.3 Å². The zero-order valence-electron chi connectivity index (χ0n) is 17.3. The molecule has 0 saturated carbocycles. The van der Waals surface area contributed by atoms with Gasteiger partial charge in [-0.05, 0) is 56.3 Å². The number of benzene rings is 1. The fourth-order valence-electron chi connectivity index (χ4n) is 4.61. The Balaban J connectivity index is 1.55. The molecule has 0 aromatic heterocycles. The van der Waals surface area contributed by atoms with E-state index in [2.05, 4.69) is 4.90 Å². The Labute approximate surface area is 184 Å². The first-order chi connectivity index (χ1) is 14.6. The number of anilines is 1. The van der Waals surface area contributed by atoms with Crippen molar-refractivity contribution in [2.24, 2.45) is 5.73 Å². The van der Waals surface area contributed by atoms with Gasteiger partial charge in [-0.1, -0.05) is 18.0 Å². The molecule has 1 atom stereocenters. The molecule has 0 spiro atoms. The van der Waals surface area contributed by atoms with Crippen LogP contribution in [0.25, 0.3) is 0 Å². The number of nitrogens with zero attached hydrogens (tertiary/aromatic N) is 2. The average molecular weight is 461 g/mol. The average Bonchev–Trinajstić information content (AvgIpc) is 2.73. The summed E-state index contributed by atoms with van der Waals surface area (Å²) in [6, 6.07) is 2.32. The highest BCUT2D eigenvalue weighted by Crippen LogP contribution is 2.38. The van der Waals surface area contributed by atoms with Crippen molar-refractivity contribution in [1.82, 2.24) is 9.80 Å². The molecule has 2 amide bonds. The highest BCUT2D eigenvalue weighted by atomic mass is 35.5. The van der Waals surface area contributed by atoms with Crippen molar-refractivity contribution in [1.29, 1.82) is 0 Å². The second kappa shape index (κ2) is 9.65. The maximum Gasteiger partial charge on any atom is 0.418 e. The van der Waals surface area contributed by atoms with Crippen LogP contribution in [0, 0.1) is 0 Å². The van der Waals surface area contributed by atoms with Crippen molar-refractivity contribution in [3.63, 3.8) is 0 Å². The summed E-state index contributed by atoms with van der Waals surface area (Å²) in [7, 11) is 0. The van der Waals surface area contributed by atoms with Gasteiger partial charge in [0.15, 0.2) is 0 Å². The molecule has 2 aliphatic rings. The number of hydrogen-bond donors (Lipinski definition) is 2. The summed E-state index contributed by atoms with van der Waals surface area (Å²) in [6.45, 7) is 1.95. The van der Waals surface area contributed by atoms with E-state index < -0.39 is 17.4 Å². The molecule has 31 heavy (non-hydrogen) atoms. The molecule has 2 heterocycles. The molecule has 4 N–H and O–H groups in total. The third kappa shape index (κ3) is 5.63. The van der Waals surface area contributed by atoms with E-state index in [4.69, 9.17) is 23.1 Å². The third-order valence-corrected chi connectivity index (χ3v) is 6.59. The first-order valence-corrected chi connectivity index (χ1v) is 10.9. The molecule has 0 radical (unpaired) electrons. The Morgan fingerprint density at radius 2 is 1.77 bits per heavy atom. The normalized spacial score (nSPS) is 21.3. The first kappa shape index (κ1) is 23.7. The van der Waals surface area contributed by atoms with E-state index in [0.717, 1.165) is 44.7 Å². The second-order valence-corrected chi connectivity index (χ2v) is 8.71. The molecule has 0 aliphatic carbocycles. The Morgan fingerprint density at radius 3 is 2.39 bits per heavy atom. The van der Waals surface area contributed by atoms with Crippen LogP contribution in [0.1, 0.15) is 49.7 Å². The van der Waals surface area contributed by atoms with Gasteiger partial charge in [0.1, 0.15) is 0 Å². The van der Waals surface area contributed by atoms with E-state index in [1.807, 2.05) is 0 Å². The fourth-order valence-corrected chi connectivity index (χ4v) is 4.85. The topological polar surface area (TPSA) is 92.7 Å². The third-order valence-electron chi connectivity index (χ3n) is 6.28. The lowest BCUT2D eigenvalue weighted by Crippen LogP contribution is -2.55. The lowest BCUT2D eigenvalue weighted by Gasteiger charge is -2.43. The molecule has 3 rings (SSSR count). The molecule has 1 aromatic carbocycles. The monoisotopic (exact) mass is 460 g/mol. The Bertz CT molecular complexity index is 826. The predicted octanol–water partition coefficient (Wildman–Crippen LogP) is 3.20. The van der Waals surface area contributed by atoms with Gasteiger partial charge in [-0.2, -0.15) is 13.2 Å². The van der Waals surface area contributed by atoms with Crippen LogP contribution in [-0.4, -0.2) is 53.3 Å². The number of nitrogens with two attached hydrogens (primary N) is 2. The van der Waals surface area contributed by atoms with Crippen molar-refractivity contribution in [3.8, 4) is 0 Å². The number of alkyl halides is 3. The van der Waals surface area contributed by atoms with Gasteiger partial charge in [-0.15, -0.1) is 0 Å². The molecule has 2 fully saturated rings. The lowest BCUT2D eigenvalue weighted by atomic mass is 9.94. The van der Waals surface area contributed by atoms with Crippen molar-refractivity contribution in [3.05, 3.63) is 28.3 Å². The number of nitrogen functional groups attached to an aromatic ring is 1. The first-order valence-electron chi connectivity index (χ1n) is 10.6. The maximum atomic E-state index is 13.1. The molecule has 1 aromatic rings. The number of piperidine rings is 2. The standard InChI is InChI=1S/C21H28ClF3N4O2/c22-16-12-13(11-15(19(16)26)21(23,24)25)4-5-18(30)28-9-6-14(7-10-28)29-8-2-1-3-17(29)20(27)31/h11-12,14,17H,1-10,26H2,(H2,27,31). The van der Waals surface area contributed by atoms with Crippen molar-refractivity contribution in [2.45, 2.75) is 63.2 Å². The van der Waals surface area contributed by atoms with E-state index in [9.17, 15) is 22.8 Å². The Morgan fingerprint density at radius 1 is 1.10 bits per heavy atom. The second-order valence-electron chi connectivity index (χ2n) is 8.30. The molecule has 2 saturated heterocycles. The van der Waals surface area contributed by atoms with E-state index in [-0.39, 0.29) is 41.8 Å². The summed E-state index contributed by atoms with van der Waals surface area (Å²) >= 11 is 5.85. The SMILES string of the molecule is NC(=O)C1CCCCN1C1CCN(C(=O)CCc2cc(Cl)c(N)c(C(F)(F)F)c2)CC1. The molecule has 6 nitrogen and oxygen atoms in total. The number of carbonyl (C=O) groups excluding carboxylic acids is 2. The summed E-state index contributed by atoms with van der Waals surface area (Å²) < 4.78 is 39.4. The molecule has 0 bridgehead atoms. The van der Waals surface area contributed by atoms with Crippen LogP contribution in [-0.2, 0) is 22.2 Å². The van der Waals surface area contributed by atoms with Crippen LogP contribution < -0.4 is 11.5 Å². The van der Waals surface area contributed by atoms with Gasteiger partial charge in [0, 0.05) is 25.6 Å². The number of aryl methyl sites for hydroxylation is 1. The van der Waals surface area contributed by atoms with Crippen LogP contribution in [0.5, 0.6) is 0 Å². The lowest BCUT2D eigenvalue weighted by molar-refractivity contribution is -0.137. The summed E-state index contributed by atoms with van der Waals surface area (Å²) in [5.41, 5.74) is 9.86. The van der Waals surface area contributed by atoms with Crippen molar-refractivity contribution < 1.29 is 22.8 Å². The molecule has 2 aliphatic heterocycles. The quantitative estimate of drug-likeness (QED) is 0.660. The summed E-state index contributed by atoms with van der Waals surface area (Å²) in [6.07, 6.45) is -0.0541. The number of hydrogen-bond acceptors (Lipinski definition) is 4. The largest absolute Gasteiger partial charge is 0.418 e. The van der Waals surface area contributed by atoms with E-state index in [1.165, 1.54) is 6.07 Å². The molecule has 1 unspecified atom stereocenters. The zero-order valence-corrected chi connectivity index (χ0v) is 18.0. The predicted molar refractivity (Wildman–Crippen MR) is 112 cm³/mol. The summed E-state index contributed by atoms with van der Waals surface area (Å²) in [5, 5.41) is -0.163. The zero-order chi connectivity index (χ0) is 22.8. The van der Waals surface area contributed by atoms with Gasteiger partial charge in [0.2, 0.25) is 11.8 Å². The molecular formula is C21H28ClF3N4O2. The summed E-state index contributed by atoms with van der Waals surface area (Å²) in [4.78, 5) is 28.3.